The quantitative estimate of drug-likeness (QED) is 0.769. The van der Waals surface area contributed by atoms with Crippen molar-refractivity contribution in [3.05, 3.63) is 0 Å². The number of carboxylic acid groups (broad SMARTS) is 1. The molecule has 0 aromatic rings. The van der Waals surface area contributed by atoms with Crippen LogP contribution in [0.1, 0.15) is 13.8 Å². The van der Waals surface area contributed by atoms with Crippen molar-refractivity contribution in [1.82, 2.24) is 10.2 Å². The first-order chi connectivity index (χ1) is 10.2. The first kappa shape index (κ1) is 19.4. The summed E-state index contributed by atoms with van der Waals surface area (Å²) >= 11 is 0. The molecular weight excluding hydrogens is 334 g/mol. The number of likely N-dealkylation sites (tertiary alicyclic amines) is 1. The minimum atomic E-state index is -4.86. The number of rotatable bonds is 3. The Hall–Kier alpha value is -1.68. The van der Waals surface area contributed by atoms with Crippen LogP contribution in [0.3, 0.4) is 0 Å². The van der Waals surface area contributed by atoms with Gasteiger partial charge in [-0.25, -0.2) is 4.79 Å². The van der Waals surface area contributed by atoms with Crippen LogP contribution in [0.4, 0.5) is 31.1 Å². The number of urea groups is 1. The Kier molecular flexibility index (Phi) is 5.42. The van der Waals surface area contributed by atoms with Gasteiger partial charge in [-0.3, -0.25) is 4.79 Å². The molecule has 3 atom stereocenters. The molecule has 5 nitrogen and oxygen atoms in total. The molecular formula is C12H16F6N2O3. The Bertz CT molecular complexity index is 463. The van der Waals surface area contributed by atoms with E-state index in [1.165, 1.54) is 13.8 Å². The number of carboxylic acids is 1. The van der Waals surface area contributed by atoms with E-state index in [9.17, 15) is 35.9 Å². The topological polar surface area (TPSA) is 69.6 Å². The molecule has 1 rings (SSSR count). The molecule has 1 fully saturated rings. The highest BCUT2D eigenvalue weighted by molar-refractivity contribution is 5.78. The van der Waals surface area contributed by atoms with E-state index in [1.807, 2.05) is 0 Å². The van der Waals surface area contributed by atoms with Crippen molar-refractivity contribution >= 4 is 12.0 Å². The van der Waals surface area contributed by atoms with E-state index in [4.69, 9.17) is 5.11 Å². The summed E-state index contributed by atoms with van der Waals surface area (Å²) in [5, 5.41) is 10.4. The highest BCUT2D eigenvalue weighted by Gasteiger charge is 2.54. The molecule has 0 spiro atoms. The number of halogens is 6. The lowest BCUT2D eigenvalue weighted by Crippen LogP contribution is -2.52. The monoisotopic (exact) mass is 350 g/mol. The molecule has 23 heavy (non-hydrogen) atoms. The van der Waals surface area contributed by atoms with E-state index < -0.39 is 61.2 Å². The lowest BCUT2D eigenvalue weighted by atomic mass is 9.96. The Morgan fingerprint density at radius 1 is 1.13 bits per heavy atom. The summed E-state index contributed by atoms with van der Waals surface area (Å²) in [4.78, 5) is 23.1. The van der Waals surface area contributed by atoms with E-state index >= 15 is 0 Å². The number of carbonyl (C=O) groups is 2. The average molecular weight is 350 g/mol. The van der Waals surface area contributed by atoms with Crippen LogP contribution in [0.15, 0.2) is 0 Å². The molecule has 0 aliphatic carbocycles. The zero-order valence-corrected chi connectivity index (χ0v) is 12.2. The highest BCUT2D eigenvalue weighted by Crippen LogP contribution is 2.38. The van der Waals surface area contributed by atoms with Crippen molar-refractivity contribution in [3.8, 4) is 0 Å². The Balaban J connectivity index is 2.87. The van der Waals surface area contributed by atoms with Gasteiger partial charge in [0, 0.05) is 13.1 Å². The third-order valence-electron chi connectivity index (χ3n) is 3.64. The van der Waals surface area contributed by atoms with Gasteiger partial charge >= 0.3 is 24.4 Å². The van der Waals surface area contributed by atoms with Crippen LogP contribution in [-0.2, 0) is 4.79 Å². The van der Waals surface area contributed by atoms with Gasteiger partial charge in [-0.2, -0.15) is 26.3 Å². The minimum Gasteiger partial charge on any atom is -0.481 e. The molecule has 0 aromatic carbocycles. The summed E-state index contributed by atoms with van der Waals surface area (Å²) in [5.41, 5.74) is 0. The fraction of sp³-hybridized carbons (Fsp3) is 0.833. The Morgan fingerprint density at radius 3 is 1.96 bits per heavy atom. The average Bonchev–Trinajstić information content (AvgIpc) is 2.78. The highest BCUT2D eigenvalue weighted by atomic mass is 19.4. The normalized spacial score (nSPS) is 24.0. The fourth-order valence-electron chi connectivity index (χ4n) is 2.40. The smallest absolute Gasteiger partial charge is 0.408 e. The second-order valence-electron chi connectivity index (χ2n) is 5.71. The Morgan fingerprint density at radius 2 is 1.65 bits per heavy atom. The van der Waals surface area contributed by atoms with Crippen molar-refractivity contribution in [1.29, 1.82) is 0 Å². The molecule has 2 N–H and O–H groups in total. The van der Waals surface area contributed by atoms with E-state index in [2.05, 4.69) is 0 Å². The second-order valence-corrected chi connectivity index (χ2v) is 5.71. The van der Waals surface area contributed by atoms with Crippen LogP contribution in [0.2, 0.25) is 0 Å². The summed E-state index contributed by atoms with van der Waals surface area (Å²) in [7, 11) is 0. The summed E-state index contributed by atoms with van der Waals surface area (Å²) in [6.45, 7) is 0.602. The van der Waals surface area contributed by atoms with Crippen LogP contribution >= 0.6 is 0 Å². The molecule has 1 heterocycles. The van der Waals surface area contributed by atoms with E-state index in [0.29, 0.717) is 4.90 Å². The number of aliphatic carboxylic acids is 1. The maximum atomic E-state index is 12.8. The molecule has 1 saturated heterocycles. The standard InChI is InChI=1S/C12H16F6N2O3/c1-5(2)8(12(16,17)18)19-10(23)20-3-6(9(21)22)7(4-20)11(13,14)15/h5-8H,3-4H2,1-2H3,(H,19,23)(H,21,22)/t6-,7-,8+/m1/s1. The first-order valence-corrected chi connectivity index (χ1v) is 6.66. The van der Waals surface area contributed by atoms with Gasteiger partial charge in [-0.15, -0.1) is 0 Å². The van der Waals surface area contributed by atoms with Gasteiger partial charge in [-0.05, 0) is 5.92 Å². The number of nitrogens with zero attached hydrogens (tertiary/aromatic N) is 1. The van der Waals surface area contributed by atoms with Gasteiger partial charge < -0.3 is 15.3 Å². The van der Waals surface area contributed by atoms with Crippen molar-refractivity contribution in [3.63, 3.8) is 0 Å². The van der Waals surface area contributed by atoms with Crippen molar-refractivity contribution < 1.29 is 41.0 Å². The fourth-order valence-corrected chi connectivity index (χ4v) is 2.40. The molecule has 11 heteroatoms. The molecule has 0 bridgehead atoms. The van der Waals surface area contributed by atoms with Gasteiger partial charge in [0.05, 0.1) is 11.8 Å². The van der Waals surface area contributed by atoms with Gasteiger partial charge in [0.2, 0.25) is 0 Å². The number of alkyl halides is 6. The van der Waals surface area contributed by atoms with Crippen LogP contribution in [0.25, 0.3) is 0 Å². The lowest BCUT2D eigenvalue weighted by molar-refractivity contribution is -0.188. The molecule has 2 amide bonds. The molecule has 0 radical (unpaired) electrons. The number of carbonyl (C=O) groups excluding carboxylic acids is 1. The SMILES string of the molecule is CC(C)[C@H](NC(=O)N1C[C@@H](C(F)(F)F)[C@H](C(=O)O)C1)C(F)(F)F. The van der Waals surface area contributed by atoms with Gasteiger partial charge in [0.15, 0.2) is 0 Å². The van der Waals surface area contributed by atoms with E-state index in [-0.39, 0.29) is 0 Å². The summed E-state index contributed by atoms with van der Waals surface area (Å²) in [6, 6.07) is -3.60. The zero-order chi connectivity index (χ0) is 18.2. The predicted octanol–water partition coefficient (Wildman–Crippen LogP) is 2.48. The second kappa shape index (κ2) is 6.44. The lowest BCUT2D eigenvalue weighted by Gasteiger charge is -2.27. The van der Waals surface area contributed by atoms with Crippen LogP contribution < -0.4 is 5.32 Å². The van der Waals surface area contributed by atoms with E-state index in [1.54, 1.807) is 5.32 Å². The van der Waals surface area contributed by atoms with Crippen LogP contribution in [0.5, 0.6) is 0 Å². The van der Waals surface area contributed by atoms with Gasteiger partial charge in [0.1, 0.15) is 6.04 Å². The van der Waals surface area contributed by atoms with Crippen molar-refractivity contribution in [2.45, 2.75) is 32.2 Å². The van der Waals surface area contributed by atoms with E-state index in [0.717, 1.165) is 0 Å². The molecule has 1 aliphatic rings. The molecule has 0 aromatic heterocycles. The number of hydrogen-bond acceptors (Lipinski definition) is 2. The largest absolute Gasteiger partial charge is 0.481 e. The molecule has 134 valence electrons. The number of amides is 2. The third-order valence-corrected chi connectivity index (χ3v) is 3.64. The first-order valence-electron chi connectivity index (χ1n) is 6.66. The maximum absolute atomic E-state index is 12.8. The van der Waals surface area contributed by atoms with Gasteiger partial charge in [0.25, 0.3) is 0 Å². The zero-order valence-electron chi connectivity index (χ0n) is 12.2. The summed E-state index contributed by atoms with van der Waals surface area (Å²) < 4.78 is 76.7. The third kappa shape index (κ3) is 4.64. The van der Waals surface area contributed by atoms with Gasteiger partial charge in [-0.1, -0.05) is 13.8 Å². The van der Waals surface area contributed by atoms with Crippen LogP contribution in [0, 0.1) is 17.8 Å². The Labute approximate surface area is 127 Å². The van der Waals surface area contributed by atoms with Crippen molar-refractivity contribution in [2.24, 2.45) is 17.8 Å². The number of nitrogens with one attached hydrogen (secondary N) is 1. The maximum Gasteiger partial charge on any atom is 0.408 e. The number of hydrogen-bond donors (Lipinski definition) is 2. The molecule has 0 saturated carbocycles. The minimum absolute atomic E-state index is 0.456. The van der Waals surface area contributed by atoms with Crippen molar-refractivity contribution in [2.75, 3.05) is 13.1 Å². The summed E-state index contributed by atoms with van der Waals surface area (Å²) in [5.74, 6) is -6.99. The molecule has 0 unspecified atom stereocenters. The predicted molar refractivity (Wildman–Crippen MR) is 65.5 cm³/mol. The summed E-state index contributed by atoms with van der Waals surface area (Å²) in [6.07, 6.45) is -9.63. The van der Waals surface area contributed by atoms with Crippen LogP contribution in [-0.4, -0.2) is 53.5 Å². The molecule has 1 aliphatic heterocycles.